The van der Waals surface area contributed by atoms with Gasteiger partial charge in [-0.25, -0.2) is 0 Å². The van der Waals surface area contributed by atoms with Gasteiger partial charge in [-0.15, -0.1) is 0 Å². The van der Waals surface area contributed by atoms with Gasteiger partial charge in [0.1, 0.15) is 6.29 Å². The van der Waals surface area contributed by atoms with Gasteiger partial charge >= 0.3 is 0 Å². The van der Waals surface area contributed by atoms with E-state index in [0.29, 0.717) is 35.3 Å². The molecular weight excluding hydrogens is 242 g/mol. The molecule has 1 atom stereocenters. The van der Waals surface area contributed by atoms with Gasteiger partial charge in [-0.05, 0) is 18.1 Å². The molecular formula is C12H10ClNO3. The third-order valence-electron chi connectivity index (χ3n) is 2.78. The van der Waals surface area contributed by atoms with E-state index < -0.39 is 5.92 Å². The molecule has 1 heterocycles. The first-order valence-electron chi connectivity index (χ1n) is 5.20. The van der Waals surface area contributed by atoms with Crippen LogP contribution in [0.15, 0.2) is 18.2 Å². The third-order valence-corrected chi connectivity index (χ3v) is 3.10. The number of rotatable bonds is 2. The average molecular weight is 252 g/mol. The zero-order valence-corrected chi connectivity index (χ0v) is 9.66. The van der Waals surface area contributed by atoms with Crippen LogP contribution in [0, 0.1) is 0 Å². The lowest BCUT2D eigenvalue weighted by atomic mass is 9.90. The number of carbonyl (C=O) groups is 3. The maximum Gasteiger partial charge on any atom is 0.234 e. The molecule has 2 amide bonds. The summed E-state index contributed by atoms with van der Waals surface area (Å²) in [5.74, 6) is -1.00. The molecule has 4 nitrogen and oxygen atoms in total. The lowest BCUT2D eigenvalue weighted by Crippen LogP contribution is -2.39. The molecule has 1 N–H and O–H groups in total. The van der Waals surface area contributed by atoms with E-state index in [4.69, 9.17) is 11.6 Å². The van der Waals surface area contributed by atoms with Crippen LogP contribution >= 0.6 is 11.6 Å². The van der Waals surface area contributed by atoms with Crippen LogP contribution in [0.4, 0.5) is 0 Å². The predicted octanol–water partition coefficient (Wildman–Crippen LogP) is 1.67. The Morgan fingerprint density at radius 1 is 1.35 bits per heavy atom. The first-order valence-corrected chi connectivity index (χ1v) is 5.58. The zero-order valence-electron chi connectivity index (χ0n) is 8.90. The van der Waals surface area contributed by atoms with E-state index >= 15 is 0 Å². The molecule has 0 saturated carbocycles. The van der Waals surface area contributed by atoms with Crippen LogP contribution in [0.3, 0.4) is 0 Å². The van der Waals surface area contributed by atoms with E-state index in [-0.39, 0.29) is 11.8 Å². The van der Waals surface area contributed by atoms with Crippen molar-refractivity contribution >= 4 is 29.7 Å². The largest absolute Gasteiger partial charge is 0.298 e. The molecule has 1 saturated heterocycles. The van der Waals surface area contributed by atoms with Crippen molar-refractivity contribution in [2.45, 2.75) is 18.8 Å². The summed E-state index contributed by atoms with van der Waals surface area (Å²) in [4.78, 5) is 33.2. The number of piperidine rings is 1. The quantitative estimate of drug-likeness (QED) is 0.642. The lowest BCUT2D eigenvalue weighted by molar-refractivity contribution is -0.134. The Balaban J connectivity index is 2.31. The topological polar surface area (TPSA) is 63.2 Å². The van der Waals surface area contributed by atoms with Crippen LogP contribution < -0.4 is 5.32 Å². The summed E-state index contributed by atoms with van der Waals surface area (Å²) >= 11 is 6.02. The molecule has 5 heteroatoms. The minimum absolute atomic E-state index is 0.258. The monoisotopic (exact) mass is 251 g/mol. The van der Waals surface area contributed by atoms with Crippen LogP contribution in [-0.4, -0.2) is 18.1 Å². The molecule has 0 bridgehead atoms. The minimum atomic E-state index is -0.416. The number of hydrogen-bond acceptors (Lipinski definition) is 3. The van der Waals surface area contributed by atoms with E-state index in [2.05, 4.69) is 5.32 Å². The summed E-state index contributed by atoms with van der Waals surface area (Å²) in [7, 11) is 0. The maximum atomic E-state index is 11.7. The normalized spacial score (nSPS) is 19.9. The SMILES string of the molecule is O=Cc1ccc(C2CCC(=O)NC2=O)c(Cl)c1. The van der Waals surface area contributed by atoms with Gasteiger partial charge in [-0.3, -0.25) is 19.7 Å². The number of imide groups is 1. The highest BCUT2D eigenvalue weighted by Crippen LogP contribution is 2.30. The number of carbonyl (C=O) groups excluding carboxylic acids is 3. The molecule has 0 spiro atoms. The smallest absolute Gasteiger partial charge is 0.234 e. The Labute approximate surface area is 103 Å². The highest BCUT2D eigenvalue weighted by Gasteiger charge is 2.29. The van der Waals surface area contributed by atoms with Gasteiger partial charge < -0.3 is 0 Å². The van der Waals surface area contributed by atoms with E-state index in [1.54, 1.807) is 12.1 Å². The van der Waals surface area contributed by atoms with Crippen LogP contribution in [0.1, 0.15) is 34.7 Å². The van der Waals surface area contributed by atoms with Gasteiger partial charge in [0, 0.05) is 17.0 Å². The molecule has 2 rings (SSSR count). The molecule has 1 aromatic carbocycles. The number of hydrogen-bond donors (Lipinski definition) is 1. The Morgan fingerprint density at radius 3 is 2.71 bits per heavy atom. The van der Waals surface area contributed by atoms with Gasteiger partial charge in [-0.2, -0.15) is 0 Å². The number of amides is 2. The van der Waals surface area contributed by atoms with Crippen molar-refractivity contribution in [1.82, 2.24) is 5.32 Å². The number of aldehydes is 1. The van der Waals surface area contributed by atoms with Crippen LogP contribution in [0.25, 0.3) is 0 Å². The molecule has 1 aliphatic heterocycles. The van der Waals surface area contributed by atoms with E-state index in [1.807, 2.05) is 0 Å². The van der Waals surface area contributed by atoms with E-state index in [1.165, 1.54) is 6.07 Å². The van der Waals surface area contributed by atoms with Crippen LogP contribution in [-0.2, 0) is 9.59 Å². The first kappa shape index (κ1) is 11.8. The van der Waals surface area contributed by atoms with Crippen molar-refractivity contribution in [2.24, 2.45) is 0 Å². The van der Waals surface area contributed by atoms with Gasteiger partial charge in [0.05, 0.1) is 5.92 Å². The summed E-state index contributed by atoms with van der Waals surface area (Å²) in [6, 6.07) is 4.79. The van der Waals surface area contributed by atoms with Crippen LogP contribution in [0.5, 0.6) is 0 Å². The molecule has 0 aliphatic carbocycles. The van der Waals surface area contributed by atoms with Gasteiger partial charge in [0.25, 0.3) is 0 Å². The van der Waals surface area contributed by atoms with Crippen molar-refractivity contribution in [3.05, 3.63) is 34.3 Å². The standard InChI is InChI=1S/C12H10ClNO3/c13-10-5-7(6-15)1-2-8(10)9-3-4-11(16)14-12(9)17/h1-2,5-6,9H,3-4H2,(H,14,16,17). The number of benzene rings is 1. The highest BCUT2D eigenvalue weighted by atomic mass is 35.5. The Bertz CT molecular complexity index is 499. The summed E-state index contributed by atoms with van der Waals surface area (Å²) in [5, 5.41) is 2.66. The molecule has 1 fully saturated rings. The second-order valence-corrected chi connectivity index (χ2v) is 4.31. The predicted molar refractivity (Wildman–Crippen MR) is 62.0 cm³/mol. The molecule has 0 radical (unpaired) electrons. The van der Waals surface area contributed by atoms with Gasteiger partial charge in [0.15, 0.2) is 0 Å². The fourth-order valence-corrected chi connectivity index (χ4v) is 2.21. The third kappa shape index (κ3) is 2.36. The zero-order chi connectivity index (χ0) is 12.4. The summed E-state index contributed by atoms with van der Waals surface area (Å²) in [6.07, 6.45) is 1.45. The summed E-state index contributed by atoms with van der Waals surface area (Å²) in [5.41, 5.74) is 1.12. The number of nitrogens with one attached hydrogen (secondary N) is 1. The molecule has 17 heavy (non-hydrogen) atoms. The molecule has 0 aromatic heterocycles. The molecule has 1 aliphatic rings. The van der Waals surface area contributed by atoms with Gasteiger partial charge in [-0.1, -0.05) is 23.7 Å². The number of halogens is 1. The summed E-state index contributed by atoms with van der Waals surface area (Å²) < 4.78 is 0. The Morgan fingerprint density at radius 2 is 2.12 bits per heavy atom. The van der Waals surface area contributed by atoms with Crippen molar-refractivity contribution in [3.63, 3.8) is 0 Å². The Kier molecular flexibility index (Phi) is 3.24. The second-order valence-electron chi connectivity index (χ2n) is 3.90. The summed E-state index contributed by atoms with van der Waals surface area (Å²) in [6.45, 7) is 0. The molecule has 1 aromatic rings. The average Bonchev–Trinajstić information content (AvgIpc) is 2.30. The van der Waals surface area contributed by atoms with Gasteiger partial charge in [0.2, 0.25) is 11.8 Å². The maximum absolute atomic E-state index is 11.7. The molecule has 88 valence electrons. The second kappa shape index (κ2) is 4.67. The highest BCUT2D eigenvalue weighted by molar-refractivity contribution is 6.32. The Hall–Kier alpha value is -1.68. The lowest BCUT2D eigenvalue weighted by Gasteiger charge is -2.21. The van der Waals surface area contributed by atoms with Crippen molar-refractivity contribution in [1.29, 1.82) is 0 Å². The first-order chi connectivity index (χ1) is 8.11. The molecule has 1 unspecified atom stereocenters. The van der Waals surface area contributed by atoms with Crippen molar-refractivity contribution in [2.75, 3.05) is 0 Å². The fourth-order valence-electron chi connectivity index (χ4n) is 1.89. The van der Waals surface area contributed by atoms with E-state index in [9.17, 15) is 14.4 Å². The fraction of sp³-hybridized carbons (Fsp3) is 0.250. The van der Waals surface area contributed by atoms with E-state index in [0.717, 1.165) is 0 Å². The van der Waals surface area contributed by atoms with Crippen LogP contribution in [0.2, 0.25) is 5.02 Å². The van der Waals surface area contributed by atoms with Crippen molar-refractivity contribution in [3.8, 4) is 0 Å². The van der Waals surface area contributed by atoms with Crippen molar-refractivity contribution < 1.29 is 14.4 Å². The minimum Gasteiger partial charge on any atom is -0.298 e.